The van der Waals surface area contributed by atoms with Gasteiger partial charge in [0, 0.05) is 0 Å². The first-order valence-electron chi connectivity index (χ1n) is 4.64. The molecular weight excluding hydrogens is 263 g/mol. The molecule has 0 saturated heterocycles. The summed E-state index contributed by atoms with van der Waals surface area (Å²) >= 11 is 3.08. The minimum Gasteiger partial charge on any atom is -0.468 e. The molecule has 0 heterocycles. The molecule has 1 fully saturated rings. The van der Waals surface area contributed by atoms with Crippen LogP contribution in [0.2, 0.25) is 0 Å². The van der Waals surface area contributed by atoms with Crippen LogP contribution in [0.15, 0.2) is 22.7 Å². The second-order valence-electron chi connectivity index (χ2n) is 3.70. The fourth-order valence-corrected chi connectivity index (χ4v) is 1.97. The molecule has 1 aliphatic carbocycles. The van der Waals surface area contributed by atoms with E-state index in [1.54, 1.807) is 12.1 Å². The lowest BCUT2D eigenvalue weighted by molar-refractivity contribution is -0.143. The van der Waals surface area contributed by atoms with Crippen molar-refractivity contribution in [1.29, 1.82) is 0 Å². The molecule has 0 spiro atoms. The molecule has 0 atom stereocenters. The van der Waals surface area contributed by atoms with E-state index >= 15 is 0 Å². The smallest absolute Gasteiger partial charge is 0.316 e. The van der Waals surface area contributed by atoms with Gasteiger partial charge in [0.1, 0.15) is 5.82 Å². The molecule has 0 unspecified atom stereocenters. The van der Waals surface area contributed by atoms with Crippen molar-refractivity contribution in [3.63, 3.8) is 0 Å². The lowest BCUT2D eigenvalue weighted by Crippen LogP contribution is -2.21. The van der Waals surface area contributed by atoms with Gasteiger partial charge in [-0.05, 0) is 46.5 Å². The largest absolute Gasteiger partial charge is 0.468 e. The van der Waals surface area contributed by atoms with E-state index < -0.39 is 5.41 Å². The normalized spacial score (nSPS) is 17.3. The number of carbonyl (C=O) groups excluding carboxylic acids is 1. The van der Waals surface area contributed by atoms with E-state index in [0.29, 0.717) is 10.0 Å². The Bertz CT molecular complexity index is 413. The number of benzene rings is 1. The second kappa shape index (κ2) is 3.59. The Morgan fingerprint density at radius 2 is 2.20 bits per heavy atom. The molecule has 2 nitrogen and oxygen atoms in total. The topological polar surface area (TPSA) is 26.3 Å². The van der Waals surface area contributed by atoms with Crippen LogP contribution in [0.5, 0.6) is 0 Å². The highest BCUT2D eigenvalue weighted by Gasteiger charge is 2.52. The van der Waals surface area contributed by atoms with Crippen LogP contribution in [0.4, 0.5) is 4.39 Å². The Hall–Kier alpha value is -0.900. The molecule has 4 heteroatoms. The van der Waals surface area contributed by atoms with Crippen LogP contribution in [0.1, 0.15) is 18.4 Å². The summed E-state index contributed by atoms with van der Waals surface area (Å²) in [6, 6.07) is 4.78. The summed E-state index contributed by atoms with van der Waals surface area (Å²) in [4.78, 5) is 11.5. The van der Waals surface area contributed by atoms with Crippen molar-refractivity contribution in [2.24, 2.45) is 0 Å². The molecular formula is C11H10BrFO2. The lowest BCUT2D eigenvalue weighted by atomic mass is 9.96. The number of hydrogen-bond acceptors (Lipinski definition) is 2. The van der Waals surface area contributed by atoms with E-state index in [1.807, 2.05) is 0 Å². The van der Waals surface area contributed by atoms with E-state index in [4.69, 9.17) is 4.74 Å². The van der Waals surface area contributed by atoms with Gasteiger partial charge in [0.15, 0.2) is 0 Å². The van der Waals surface area contributed by atoms with Gasteiger partial charge in [-0.15, -0.1) is 0 Å². The number of hydrogen-bond donors (Lipinski definition) is 0. The Labute approximate surface area is 95.6 Å². The highest BCUT2D eigenvalue weighted by atomic mass is 79.9. The fraction of sp³-hybridized carbons (Fsp3) is 0.364. The SMILES string of the molecule is COC(=O)C1(c2ccc(Br)c(F)c2)CC1. The average molecular weight is 273 g/mol. The third-order valence-corrected chi connectivity index (χ3v) is 3.44. The number of rotatable bonds is 2. The Morgan fingerprint density at radius 1 is 1.53 bits per heavy atom. The van der Waals surface area contributed by atoms with Crippen LogP contribution in [0, 0.1) is 5.82 Å². The van der Waals surface area contributed by atoms with E-state index in [2.05, 4.69) is 15.9 Å². The minimum absolute atomic E-state index is 0.274. The van der Waals surface area contributed by atoms with Gasteiger partial charge in [0.05, 0.1) is 17.0 Å². The van der Waals surface area contributed by atoms with Gasteiger partial charge in [-0.3, -0.25) is 4.79 Å². The quantitative estimate of drug-likeness (QED) is 0.774. The van der Waals surface area contributed by atoms with Crippen LogP contribution >= 0.6 is 15.9 Å². The molecule has 1 aromatic rings. The van der Waals surface area contributed by atoms with Gasteiger partial charge >= 0.3 is 5.97 Å². The van der Waals surface area contributed by atoms with Crippen LogP contribution in [0.25, 0.3) is 0 Å². The van der Waals surface area contributed by atoms with E-state index in [0.717, 1.165) is 12.8 Å². The Kier molecular flexibility index (Phi) is 2.54. The van der Waals surface area contributed by atoms with Crippen molar-refractivity contribution in [1.82, 2.24) is 0 Å². The molecule has 0 aromatic heterocycles. The molecule has 1 aromatic carbocycles. The van der Waals surface area contributed by atoms with Crippen molar-refractivity contribution >= 4 is 21.9 Å². The first kappa shape index (κ1) is 10.6. The van der Waals surface area contributed by atoms with Gasteiger partial charge in [0.25, 0.3) is 0 Å². The van der Waals surface area contributed by atoms with Gasteiger partial charge in [-0.25, -0.2) is 4.39 Å². The summed E-state index contributed by atoms with van der Waals surface area (Å²) in [7, 11) is 1.36. The van der Waals surface area contributed by atoms with Gasteiger partial charge < -0.3 is 4.74 Å². The molecule has 1 saturated carbocycles. The lowest BCUT2D eigenvalue weighted by Gasteiger charge is -2.13. The third-order valence-electron chi connectivity index (χ3n) is 2.80. The van der Waals surface area contributed by atoms with Crippen LogP contribution in [0.3, 0.4) is 0 Å². The molecule has 0 bridgehead atoms. The molecule has 2 rings (SSSR count). The van der Waals surface area contributed by atoms with Crippen molar-refractivity contribution in [2.45, 2.75) is 18.3 Å². The fourth-order valence-electron chi connectivity index (χ4n) is 1.72. The summed E-state index contributed by atoms with van der Waals surface area (Å²) < 4.78 is 18.4. The Morgan fingerprint density at radius 3 is 2.67 bits per heavy atom. The highest BCUT2D eigenvalue weighted by molar-refractivity contribution is 9.10. The van der Waals surface area contributed by atoms with Crippen LogP contribution in [-0.2, 0) is 14.9 Å². The predicted octanol–water partition coefficient (Wildman–Crippen LogP) is 2.79. The van der Waals surface area contributed by atoms with Crippen molar-refractivity contribution < 1.29 is 13.9 Å². The van der Waals surface area contributed by atoms with E-state index in [9.17, 15) is 9.18 Å². The maximum Gasteiger partial charge on any atom is 0.316 e. The van der Waals surface area contributed by atoms with Crippen molar-refractivity contribution in [3.05, 3.63) is 34.1 Å². The molecule has 80 valence electrons. The first-order chi connectivity index (χ1) is 7.10. The predicted molar refractivity (Wildman–Crippen MR) is 57.0 cm³/mol. The first-order valence-corrected chi connectivity index (χ1v) is 5.43. The molecule has 0 radical (unpaired) electrons. The Balaban J connectivity index is 2.38. The maximum atomic E-state index is 13.3. The molecule has 1 aliphatic rings. The second-order valence-corrected chi connectivity index (χ2v) is 4.56. The van der Waals surface area contributed by atoms with Crippen molar-refractivity contribution in [3.8, 4) is 0 Å². The van der Waals surface area contributed by atoms with Crippen LogP contribution in [-0.4, -0.2) is 13.1 Å². The number of methoxy groups -OCH3 is 1. The third kappa shape index (κ3) is 1.67. The van der Waals surface area contributed by atoms with Gasteiger partial charge in [-0.1, -0.05) is 6.07 Å². The van der Waals surface area contributed by atoms with E-state index in [-0.39, 0.29) is 11.8 Å². The molecule has 15 heavy (non-hydrogen) atoms. The van der Waals surface area contributed by atoms with Crippen LogP contribution < -0.4 is 0 Å². The maximum absolute atomic E-state index is 13.3. The summed E-state index contributed by atoms with van der Waals surface area (Å²) in [5, 5.41) is 0. The number of esters is 1. The summed E-state index contributed by atoms with van der Waals surface area (Å²) in [6.45, 7) is 0. The summed E-state index contributed by atoms with van der Waals surface area (Å²) in [6.07, 6.45) is 1.47. The zero-order chi connectivity index (χ0) is 11.1. The average Bonchev–Trinajstić information content (AvgIpc) is 3.02. The summed E-state index contributed by atoms with van der Waals surface area (Å²) in [5.74, 6) is -0.619. The number of ether oxygens (including phenoxy) is 1. The minimum atomic E-state index is -0.587. The summed E-state index contributed by atoms with van der Waals surface area (Å²) in [5.41, 5.74) is 0.117. The van der Waals surface area contributed by atoms with Gasteiger partial charge in [-0.2, -0.15) is 0 Å². The number of halogens is 2. The number of carbonyl (C=O) groups is 1. The molecule has 0 aliphatic heterocycles. The highest BCUT2D eigenvalue weighted by Crippen LogP contribution is 2.49. The van der Waals surface area contributed by atoms with E-state index in [1.165, 1.54) is 13.2 Å². The van der Waals surface area contributed by atoms with Gasteiger partial charge in [0.2, 0.25) is 0 Å². The monoisotopic (exact) mass is 272 g/mol. The zero-order valence-corrected chi connectivity index (χ0v) is 9.80. The standard InChI is InChI=1S/C11H10BrFO2/c1-15-10(14)11(4-5-11)7-2-3-8(12)9(13)6-7/h2-3,6H,4-5H2,1H3. The van der Waals surface area contributed by atoms with Crippen molar-refractivity contribution in [2.75, 3.05) is 7.11 Å². The zero-order valence-electron chi connectivity index (χ0n) is 8.22. The molecule has 0 amide bonds. The molecule has 0 N–H and O–H groups in total.